The Kier molecular flexibility index (Phi) is 6.88. The van der Waals surface area contributed by atoms with Crippen molar-refractivity contribution in [2.75, 3.05) is 6.54 Å². The summed E-state index contributed by atoms with van der Waals surface area (Å²) < 4.78 is 39.8. The van der Waals surface area contributed by atoms with Gasteiger partial charge in [0.2, 0.25) is 0 Å². The summed E-state index contributed by atoms with van der Waals surface area (Å²) in [7, 11) is 0. The molecule has 9 heteroatoms. The Labute approximate surface area is 184 Å². The standard InChI is InChI=1S/C23H27F3N4O2/c1-5-14(2)29(12-21-27-19-9-7-6-8-17(19)22(32)28-21)11-20(31)18-10-15(3)30(16(18)4)13-23(24,25)26/h6-10,14H,5,11-13H2,1-4H3,(H,27,28,32). The quantitative estimate of drug-likeness (QED) is 0.519. The van der Waals surface area contributed by atoms with Gasteiger partial charge in [-0.3, -0.25) is 14.5 Å². The molecule has 0 aliphatic carbocycles. The van der Waals surface area contributed by atoms with E-state index in [1.807, 2.05) is 18.7 Å². The lowest BCUT2D eigenvalue weighted by Crippen LogP contribution is -2.37. The van der Waals surface area contributed by atoms with Gasteiger partial charge in [0.15, 0.2) is 5.78 Å². The molecule has 0 saturated heterocycles. The van der Waals surface area contributed by atoms with Gasteiger partial charge in [0.25, 0.3) is 5.56 Å². The number of rotatable bonds is 8. The summed E-state index contributed by atoms with van der Waals surface area (Å²) in [5.74, 6) is 0.166. The Morgan fingerprint density at radius 1 is 1.25 bits per heavy atom. The zero-order valence-electron chi connectivity index (χ0n) is 18.6. The van der Waals surface area contributed by atoms with Crippen LogP contribution in [0.25, 0.3) is 10.9 Å². The van der Waals surface area contributed by atoms with Gasteiger partial charge in [0, 0.05) is 23.0 Å². The minimum atomic E-state index is -4.37. The Bertz CT molecular complexity index is 1180. The number of hydrogen-bond donors (Lipinski definition) is 1. The highest BCUT2D eigenvalue weighted by Gasteiger charge is 2.30. The molecule has 0 spiro atoms. The number of fused-ring (bicyclic) bond motifs is 1. The second kappa shape index (κ2) is 9.28. The van der Waals surface area contributed by atoms with Gasteiger partial charge in [-0.2, -0.15) is 13.2 Å². The summed E-state index contributed by atoms with van der Waals surface area (Å²) in [6.45, 7) is 6.14. The van der Waals surface area contributed by atoms with Crippen LogP contribution in [0.5, 0.6) is 0 Å². The van der Waals surface area contributed by atoms with Gasteiger partial charge < -0.3 is 9.55 Å². The van der Waals surface area contributed by atoms with Crippen LogP contribution in [0.2, 0.25) is 0 Å². The van der Waals surface area contributed by atoms with Crippen molar-refractivity contribution in [1.29, 1.82) is 0 Å². The first-order valence-electron chi connectivity index (χ1n) is 10.5. The van der Waals surface area contributed by atoms with Crippen LogP contribution in [0.15, 0.2) is 35.1 Å². The van der Waals surface area contributed by atoms with Crippen molar-refractivity contribution in [2.45, 2.75) is 59.4 Å². The molecule has 1 N–H and O–H groups in total. The molecule has 1 atom stereocenters. The Balaban J connectivity index is 1.86. The molecule has 0 fully saturated rings. The Morgan fingerprint density at radius 2 is 1.94 bits per heavy atom. The van der Waals surface area contributed by atoms with E-state index in [2.05, 4.69) is 9.97 Å². The number of hydrogen-bond acceptors (Lipinski definition) is 4. The fraction of sp³-hybridized carbons (Fsp3) is 0.435. The van der Waals surface area contributed by atoms with E-state index in [1.165, 1.54) is 13.0 Å². The number of halogens is 3. The molecule has 0 saturated carbocycles. The monoisotopic (exact) mass is 448 g/mol. The number of nitrogens with one attached hydrogen (secondary N) is 1. The third kappa shape index (κ3) is 5.27. The zero-order valence-corrected chi connectivity index (χ0v) is 18.6. The maximum absolute atomic E-state index is 13.1. The number of carbonyl (C=O) groups excluding carboxylic acids is 1. The van der Waals surface area contributed by atoms with E-state index in [0.717, 1.165) is 11.0 Å². The number of Topliss-reactive ketones (excluding diaryl/α,β-unsaturated/α-hetero) is 1. The molecule has 0 radical (unpaired) electrons. The molecule has 1 unspecified atom stereocenters. The average molecular weight is 448 g/mol. The number of aromatic amines is 1. The van der Waals surface area contributed by atoms with Crippen LogP contribution in [-0.2, 0) is 13.1 Å². The van der Waals surface area contributed by atoms with E-state index in [9.17, 15) is 22.8 Å². The molecule has 0 aliphatic rings. The maximum Gasteiger partial charge on any atom is 0.406 e. The number of ketones is 1. The normalized spacial score (nSPS) is 13.1. The lowest BCUT2D eigenvalue weighted by molar-refractivity contribution is -0.141. The lowest BCUT2D eigenvalue weighted by atomic mass is 10.1. The summed E-state index contributed by atoms with van der Waals surface area (Å²) in [5.41, 5.74) is 1.28. The van der Waals surface area contributed by atoms with Crippen molar-refractivity contribution in [3.05, 3.63) is 63.5 Å². The molecule has 32 heavy (non-hydrogen) atoms. The summed E-state index contributed by atoms with van der Waals surface area (Å²) in [4.78, 5) is 34.6. The smallest absolute Gasteiger partial charge is 0.339 e. The Morgan fingerprint density at radius 3 is 2.59 bits per heavy atom. The summed E-state index contributed by atoms with van der Waals surface area (Å²) >= 11 is 0. The van der Waals surface area contributed by atoms with Crippen LogP contribution in [0, 0.1) is 13.8 Å². The van der Waals surface area contributed by atoms with Gasteiger partial charge in [0.05, 0.1) is 24.0 Å². The molecule has 0 amide bonds. The summed E-state index contributed by atoms with van der Waals surface area (Å²) in [6.07, 6.45) is -3.62. The largest absolute Gasteiger partial charge is 0.406 e. The molecule has 0 bridgehead atoms. The molecule has 1 aromatic carbocycles. The first kappa shape index (κ1) is 23.7. The van der Waals surface area contributed by atoms with E-state index < -0.39 is 12.7 Å². The van der Waals surface area contributed by atoms with Crippen LogP contribution < -0.4 is 5.56 Å². The van der Waals surface area contributed by atoms with E-state index >= 15 is 0 Å². The molecular formula is C23H27F3N4O2. The Hall–Kier alpha value is -2.94. The molecule has 2 aromatic heterocycles. The number of nitrogens with zero attached hydrogens (tertiary/aromatic N) is 3. The maximum atomic E-state index is 13.1. The van der Waals surface area contributed by atoms with Gasteiger partial charge >= 0.3 is 6.18 Å². The van der Waals surface area contributed by atoms with E-state index in [1.54, 1.807) is 31.2 Å². The number of benzene rings is 1. The number of H-pyrrole nitrogens is 1. The van der Waals surface area contributed by atoms with Gasteiger partial charge in [-0.1, -0.05) is 19.1 Å². The second-order valence-electron chi connectivity index (χ2n) is 8.10. The van der Waals surface area contributed by atoms with Gasteiger partial charge in [-0.05, 0) is 45.4 Å². The third-order valence-corrected chi connectivity index (χ3v) is 5.79. The van der Waals surface area contributed by atoms with Crippen molar-refractivity contribution in [3.8, 4) is 0 Å². The highest BCUT2D eigenvalue weighted by molar-refractivity contribution is 5.99. The SMILES string of the molecule is CCC(C)N(CC(=O)c1cc(C)n(CC(F)(F)F)c1C)Cc1nc2ccccc2c(=O)[nH]1. The minimum absolute atomic E-state index is 0.00184. The first-order chi connectivity index (χ1) is 15.0. The van der Waals surface area contributed by atoms with Crippen molar-refractivity contribution >= 4 is 16.7 Å². The lowest BCUT2D eigenvalue weighted by Gasteiger charge is -2.27. The van der Waals surface area contributed by atoms with Crippen LogP contribution in [0.3, 0.4) is 0 Å². The van der Waals surface area contributed by atoms with Crippen LogP contribution in [0.1, 0.15) is 47.8 Å². The van der Waals surface area contributed by atoms with Crippen LogP contribution in [-0.4, -0.2) is 44.0 Å². The van der Waals surface area contributed by atoms with E-state index in [-0.39, 0.29) is 36.0 Å². The van der Waals surface area contributed by atoms with Crippen molar-refractivity contribution in [2.24, 2.45) is 0 Å². The predicted octanol–water partition coefficient (Wildman–Crippen LogP) is 4.39. The summed E-state index contributed by atoms with van der Waals surface area (Å²) in [5, 5.41) is 0.486. The average Bonchev–Trinajstić information content (AvgIpc) is 2.99. The van der Waals surface area contributed by atoms with Crippen LogP contribution >= 0.6 is 0 Å². The highest BCUT2D eigenvalue weighted by Crippen LogP contribution is 2.24. The number of alkyl halides is 3. The highest BCUT2D eigenvalue weighted by atomic mass is 19.4. The third-order valence-electron chi connectivity index (χ3n) is 5.79. The first-order valence-corrected chi connectivity index (χ1v) is 10.5. The van der Waals surface area contributed by atoms with Crippen molar-refractivity contribution in [1.82, 2.24) is 19.4 Å². The number of aromatic nitrogens is 3. The van der Waals surface area contributed by atoms with Gasteiger partial charge in [-0.25, -0.2) is 4.98 Å². The van der Waals surface area contributed by atoms with Gasteiger partial charge in [-0.15, -0.1) is 0 Å². The predicted molar refractivity (Wildman–Crippen MR) is 117 cm³/mol. The van der Waals surface area contributed by atoms with E-state index in [4.69, 9.17) is 0 Å². The van der Waals surface area contributed by atoms with Gasteiger partial charge in [0.1, 0.15) is 12.4 Å². The van der Waals surface area contributed by atoms with Crippen LogP contribution in [0.4, 0.5) is 13.2 Å². The molecule has 2 heterocycles. The fourth-order valence-corrected chi connectivity index (χ4v) is 3.80. The van der Waals surface area contributed by atoms with E-state index in [0.29, 0.717) is 28.1 Å². The number of carbonyl (C=O) groups is 1. The molecule has 6 nitrogen and oxygen atoms in total. The number of aryl methyl sites for hydroxylation is 1. The van der Waals surface area contributed by atoms with Crippen molar-refractivity contribution in [3.63, 3.8) is 0 Å². The molecular weight excluding hydrogens is 421 g/mol. The fourth-order valence-electron chi connectivity index (χ4n) is 3.80. The summed E-state index contributed by atoms with van der Waals surface area (Å²) in [6, 6.07) is 8.51. The number of para-hydroxylation sites is 1. The molecule has 3 rings (SSSR count). The topological polar surface area (TPSA) is 71.0 Å². The molecule has 172 valence electrons. The second-order valence-corrected chi connectivity index (χ2v) is 8.10. The molecule has 3 aromatic rings. The van der Waals surface area contributed by atoms with Crippen molar-refractivity contribution < 1.29 is 18.0 Å². The minimum Gasteiger partial charge on any atom is -0.339 e. The zero-order chi connectivity index (χ0) is 23.6. The molecule has 0 aliphatic heterocycles.